The molecule has 3 aromatic rings. The third-order valence-electron chi connectivity index (χ3n) is 3.88. The van der Waals surface area contributed by atoms with Crippen LogP contribution < -0.4 is 4.74 Å². The minimum atomic E-state index is 0. The molecule has 0 saturated carbocycles. The van der Waals surface area contributed by atoms with Crippen LogP contribution in [-0.4, -0.2) is 11.6 Å². The topological polar surface area (TPSA) is 25.0 Å². The molecule has 0 fully saturated rings. The van der Waals surface area contributed by atoms with Gasteiger partial charge in [-0.1, -0.05) is 25.6 Å². The molecule has 1 aromatic heterocycles. The molecule has 1 N–H and O–H groups in total. The number of aryl methyl sites for hydroxylation is 3. The zero-order chi connectivity index (χ0) is 16.1. The van der Waals surface area contributed by atoms with Gasteiger partial charge in [0.25, 0.3) is 0 Å². The van der Waals surface area contributed by atoms with Crippen LogP contribution in [0.2, 0.25) is 0 Å². The number of aromatic nitrogens is 1. The normalized spacial score (nSPS) is 9.78. The van der Waals surface area contributed by atoms with Gasteiger partial charge in [-0.3, -0.25) is 0 Å². The fourth-order valence-corrected chi connectivity index (χ4v) is 2.46. The van der Waals surface area contributed by atoms with Crippen LogP contribution in [0.3, 0.4) is 0 Å². The zero-order valence-corrected chi connectivity index (χ0v) is 14.2. The third kappa shape index (κ3) is 4.88. The number of aromatic amines is 1. The number of para-hydroxylation sites is 1. The fraction of sp³-hybridized carbons (Fsp3) is 0.333. The standard InChI is InChI=1S/C11H16O.C9H9N.CH4/c1-5-12-11-6-8(2)10(4)9(3)7-11;1-7-6-8-4-2-3-5-9(8)10-7;/h6-7H,5H2,1-4H3;2-6,10H,1H3;1H4. The zero-order valence-electron chi connectivity index (χ0n) is 14.2. The lowest BCUT2D eigenvalue weighted by Gasteiger charge is -2.08. The van der Waals surface area contributed by atoms with Crippen molar-refractivity contribution in [2.75, 3.05) is 6.61 Å². The minimum Gasteiger partial charge on any atom is -0.494 e. The van der Waals surface area contributed by atoms with Crippen molar-refractivity contribution in [2.45, 2.75) is 42.0 Å². The van der Waals surface area contributed by atoms with Crippen molar-refractivity contribution < 1.29 is 4.74 Å². The Labute approximate surface area is 140 Å². The van der Waals surface area contributed by atoms with Gasteiger partial charge in [-0.15, -0.1) is 0 Å². The molecule has 0 aliphatic carbocycles. The molecule has 2 nitrogen and oxygen atoms in total. The lowest BCUT2D eigenvalue weighted by atomic mass is 10.0. The van der Waals surface area contributed by atoms with Gasteiger partial charge in [-0.25, -0.2) is 0 Å². The number of hydrogen-bond acceptors (Lipinski definition) is 1. The average Bonchev–Trinajstić information content (AvgIpc) is 2.86. The molecule has 0 unspecified atom stereocenters. The molecule has 1 heterocycles. The second-order valence-electron chi connectivity index (χ2n) is 5.65. The lowest BCUT2D eigenvalue weighted by Crippen LogP contribution is -1.94. The van der Waals surface area contributed by atoms with E-state index in [0.717, 1.165) is 12.4 Å². The average molecular weight is 311 g/mol. The van der Waals surface area contributed by atoms with Gasteiger partial charge in [0.15, 0.2) is 0 Å². The van der Waals surface area contributed by atoms with Gasteiger partial charge in [0.05, 0.1) is 6.61 Å². The summed E-state index contributed by atoms with van der Waals surface area (Å²) in [5, 5.41) is 1.29. The largest absolute Gasteiger partial charge is 0.494 e. The molecular formula is C21H29NO. The monoisotopic (exact) mass is 311 g/mol. The summed E-state index contributed by atoms with van der Waals surface area (Å²) in [6, 6.07) is 14.6. The maximum absolute atomic E-state index is 5.42. The van der Waals surface area contributed by atoms with E-state index in [0.29, 0.717) is 0 Å². The van der Waals surface area contributed by atoms with Crippen molar-refractivity contribution in [1.29, 1.82) is 0 Å². The molecule has 2 aromatic carbocycles. The molecule has 0 bridgehead atoms. The quantitative estimate of drug-likeness (QED) is 0.605. The van der Waals surface area contributed by atoms with Crippen LogP contribution in [0, 0.1) is 27.7 Å². The molecule has 2 heteroatoms. The van der Waals surface area contributed by atoms with Crippen molar-refractivity contribution in [3.8, 4) is 5.75 Å². The first-order valence-corrected chi connectivity index (χ1v) is 7.76. The first kappa shape index (κ1) is 18.8. The summed E-state index contributed by atoms with van der Waals surface area (Å²) in [6.07, 6.45) is 0. The maximum atomic E-state index is 5.42. The Morgan fingerprint density at radius 2 is 1.52 bits per heavy atom. The number of nitrogens with one attached hydrogen (secondary N) is 1. The van der Waals surface area contributed by atoms with Crippen molar-refractivity contribution in [2.24, 2.45) is 0 Å². The predicted octanol–water partition coefficient (Wildman–Crippen LogP) is 6.12. The first-order valence-electron chi connectivity index (χ1n) is 7.76. The highest BCUT2D eigenvalue weighted by atomic mass is 16.5. The predicted molar refractivity (Wildman–Crippen MR) is 102 cm³/mol. The van der Waals surface area contributed by atoms with Gasteiger partial charge < -0.3 is 9.72 Å². The van der Waals surface area contributed by atoms with Gasteiger partial charge >= 0.3 is 0 Å². The molecule has 0 spiro atoms. The van der Waals surface area contributed by atoms with E-state index in [1.807, 2.05) is 13.0 Å². The highest BCUT2D eigenvalue weighted by molar-refractivity contribution is 5.79. The summed E-state index contributed by atoms with van der Waals surface area (Å²) in [6.45, 7) is 11.2. The highest BCUT2D eigenvalue weighted by Crippen LogP contribution is 2.20. The molecule has 0 aliphatic heterocycles. The van der Waals surface area contributed by atoms with E-state index in [2.05, 4.69) is 69.1 Å². The highest BCUT2D eigenvalue weighted by Gasteiger charge is 2.00. The van der Waals surface area contributed by atoms with Crippen molar-refractivity contribution in [3.63, 3.8) is 0 Å². The Morgan fingerprint density at radius 3 is 2.09 bits per heavy atom. The summed E-state index contributed by atoms with van der Waals surface area (Å²) in [5.41, 5.74) is 6.41. The van der Waals surface area contributed by atoms with E-state index >= 15 is 0 Å². The van der Waals surface area contributed by atoms with Crippen LogP contribution >= 0.6 is 0 Å². The third-order valence-corrected chi connectivity index (χ3v) is 3.88. The molecule has 124 valence electrons. The van der Waals surface area contributed by atoms with Crippen molar-refractivity contribution in [3.05, 3.63) is 64.8 Å². The van der Waals surface area contributed by atoms with Crippen LogP contribution in [-0.2, 0) is 0 Å². The summed E-state index contributed by atoms with van der Waals surface area (Å²) in [7, 11) is 0. The fourth-order valence-electron chi connectivity index (χ4n) is 2.46. The SMILES string of the molecule is C.CCOc1cc(C)c(C)c(C)c1.Cc1cc2ccccc2[nH]1. The Kier molecular flexibility index (Phi) is 6.89. The number of rotatable bonds is 2. The number of hydrogen-bond donors (Lipinski definition) is 1. The van der Waals surface area contributed by atoms with Gasteiger partial charge in [-0.05, 0) is 81.0 Å². The molecule has 0 saturated heterocycles. The molecule has 23 heavy (non-hydrogen) atoms. The molecule has 0 amide bonds. The lowest BCUT2D eigenvalue weighted by molar-refractivity contribution is 0.339. The van der Waals surface area contributed by atoms with Gasteiger partial charge in [-0.2, -0.15) is 0 Å². The smallest absolute Gasteiger partial charge is 0.119 e. The Hall–Kier alpha value is -2.22. The van der Waals surface area contributed by atoms with E-state index in [9.17, 15) is 0 Å². The molecule has 0 radical (unpaired) electrons. The van der Waals surface area contributed by atoms with Gasteiger partial charge in [0.1, 0.15) is 5.75 Å². The number of fused-ring (bicyclic) bond motifs is 1. The number of ether oxygens (including phenoxy) is 1. The second-order valence-corrected chi connectivity index (χ2v) is 5.65. The van der Waals surface area contributed by atoms with E-state index < -0.39 is 0 Å². The Morgan fingerprint density at radius 1 is 0.913 bits per heavy atom. The molecule has 0 atom stereocenters. The van der Waals surface area contributed by atoms with E-state index in [-0.39, 0.29) is 7.43 Å². The van der Waals surface area contributed by atoms with Crippen LogP contribution in [0.1, 0.15) is 36.7 Å². The summed E-state index contributed by atoms with van der Waals surface area (Å²) in [5.74, 6) is 0.984. The summed E-state index contributed by atoms with van der Waals surface area (Å²) >= 11 is 0. The van der Waals surface area contributed by atoms with E-state index in [4.69, 9.17) is 4.74 Å². The Balaban J connectivity index is 0.000000223. The van der Waals surface area contributed by atoms with Gasteiger partial charge in [0.2, 0.25) is 0 Å². The van der Waals surface area contributed by atoms with Crippen molar-refractivity contribution in [1.82, 2.24) is 4.98 Å². The van der Waals surface area contributed by atoms with Crippen LogP contribution in [0.15, 0.2) is 42.5 Å². The van der Waals surface area contributed by atoms with Gasteiger partial charge in [0, 0.05) is 11.2 Å². The minimum absolute atomic E-state index is 0. The van der Waals surface area contributed by atoms with Crippen LogP contribution in [0.5, 0.6) is 5.75 Å². The van der Waals surface area contributed by atoms with Crippen LogP contribution in [0.25, 0.3) is 10.9 Å². The van der Waals surface area contributed by atoms with Crippen molar-refractivity contribution >= 4 is 10.9 Å². The Bertz CT molecular complexity index is 699. The maximum Gasteiger partial charge on any atom is 0.119 e. The first-order chi connectivity index (χ1) is 10.5. The molecule has 3 rings (SSSR count). The number of benzene rings is 2. The van der Waals surface area contributed by atoms with E-state index in [1.165, 1.54) is 33.3 Å². The number of H-pyrrole nitrogens is 1. The molecule has 0 aliphatic rings. The van der Waals surface area contributed by atoms with E-state index in [1.54, 1.807) is 0 Å². The second kappa shape index (κ2) is 8.42. The molecular weight excluding hydrogens is 282 g/mol. The summed E-state index contributed by atoms with van der Waals surface area (Å²) in [4.78, 5) is 3.26. The summed E-state index contributed by atoms with van der Waals surface area (Å²) < 4.78 is 5.42. The van der Waals surface area contributed by atoms with Crippen LogP contribution in [0.4, 0.5) is 0 Å².